The first-order chi connectivity index (χ1) is 16.0. The van der Waals surface area contributed by atoms with Crippen molar-refractivity contribution in [3.63, 3.8) is 0 Å². The average molecular weight is 473 g/mol. The van der Waals surface area contributed by atoms with Gasteiger partial charge in [-0.2, -0.15) is 13.2 Å². The van der Waals surface area contributed by atoms with E-state index in [1.54, 1.807) is 26.2 Å². The van der Waals surface area contributed by atoms with Gasteiger partial charge in [0.2, 0.25) is 0 Å². The molecule has 0 aromatic carbocycles. The third-order valence-electron chi connectivity index (χ3n) is 6.44. The molecule has 0 N–H and O–H groups in total. The van der Waals surface area contributed by atoms with Crippen LogP contribution in [-0.2, 0) is 18.2 Å². The molecule has 0 spiro atoms. The van der Waals surface area contributed by atoms with Crippen LogP contribution in [0.15, 0.2) is 41.3 Å². The van der Waals surface area contributed by atoms with E-state index in [9.17, 15) is 18.0 Å². The highest BCUT2D eigenvalue weighted by molar-refractivity contribution is 5.80. The molecule has 0 aliphatic carbocycles. The van der Waals surface area contributed by atoms with Crippen molar-refractivity contribution in [1.29, 1.82) is 0 Å². The molecule has 0 saturated carbocycles. The largest absolute Gasteiger partial charge is 0.412 e. The van der Waals surface area contributed by atoms with Crippen molar-refractivity contribution in [3.05, 3.63) is 75.4 Å². The van der Waals surface area contributed by atoms with E-state index < -0.39 is 11.7 Å². The van der Waals surface area contributed by atoms with E-state index in [-0.39, 0.29) is 35.8 Å². The lowest BCUT2D eigenvalue weighted by Gasteiger charge is -2.30. The van der Waals surface area contributed by atoms with Gasteiger partial charge in [0, 0.05) is 42.7 Å². The second-order valence-corrected chi connectivity index (χ2v) is 8.82. The highest BCUT2D eigenvalue weighted by Gasteiger charge is 2.32. The maximum absolute atomic E-state index is 13.0. The summed E-state index contributed by atoms with van der Waals surface area (Å²) in [5.74, 6) is 0.546. The number of allylic oxidation sites excluding steroid dienone is 1. The topological polar surface area (TPSA) is 69.9 Å². The molecular weight excluding hydrogens is 445 g/mol. The minimum absolute atomic E-state index is 0.0207. The summed E-state index contributed by atoms with van der Waals surface area (Å²) in [7, 11) is 1.59. The van der Waals surface area contributed by atoms with Gasteiger partial charge in [0.1, 0.15) is 5.82 Å². The van der Waals surface area contributed by atoms with E-state index in [0.717, 1.165) is 23.4 Å². The van der Waals surface area contributed by atoms with Crippen molar-refractivity contribution in [3.8, 4) is 0 Å². The maximum atomic E-state index is 13.0. The molecule has 1 aliphatic rings. The van der Waals surface area contributed by atoms with Crippen LogP contribution in [0.1, 0.15) is 59.8 Å². The summed E-state index contributed by atoms with van der Waals surface area (Å²) in [4.78, 5) is 26.5. The molecule has 9 heteroatoms. The Kier molecular flexibility index (Phi) is 6.58. The van der Waals surface area contributed by atoms with Gasteiger partial charge in [-0.25, -0.2) is 4.98 Å². The number of halogens is 3. The van der Waals surface area contributed by atoms with Gasteiger partial charge in [-0.05, 0) is 63.3 Å². The van der Waals surface area contributed by atoms with Crippen molar-refractivity contribution < 1.29 is 17.9 Å². The molecule has 1 aliphatic heterocycles. The number of hydrogen-bond donors (Lipinski definition) is 0. The fourth-order valence-corrected chi connectivity index (χ4v) is 4.36. The van der Waals surface area contributed by atoms with Gasteiger partial charge in [-0.15, -0.1) is 0 Å². The number of alkyl halides is 3. The van der Waals surface area contributed by atoms with Gasteiger partial charge in [0.25, 0.3) is 5.56 Å². The van der Waals surface area contributed by atoms with E-state index in [4.69, 9.17) is 9.72 Å². The number of ether oxygens (including phenoxy) is 1. The Morgan fingerprint density at radius 2 is 2.03 bits per heavy atom. The van der Waals surface area contributed by atoms with Crippen molar-refractivity contribution in [1.82, 2.24) is 19.5 Å². The lowest BCUT2D eigenvalue weighted by atomic mass is 9.88. The van der Waals surface area contributed by atoms with Crippen molar-refractivity contribution in [2.24, 2.45) is 7.05 Å². The maximum Gasteiger partial charge on any atom is 0.412 e. The fourth-order valence-electron chi connectivity index (χ4n) is 4.36. The molecule has 2 atom stereocenters. The predicted octanol–water partition coefficient (Wildman–Crippen LogP) is 5.03. The van der Waals surface area contributed by atoms with Gasteiger partial charge in [0.15, 0.2) is 0 Å². The molecular formula is C25H27F3N4O2. The molecule has 180 valence electrons. The summed E-state index contributed by atoms with van der Waals surface area (Å²) in [6, 6.07) is 5.72. The normalized spacial score (nSPS) is 18.9. The minimum atomic E-state index is -4.48. The van der Waals surface area contributed by atoms with Crippen LogP contribution in [-0.4, -0.2) is 32.3 Å². The lowest BCUT2D eigenvalue weighted by molar-refractivity contribution is -0.0935. The Balaban J connectivity index is 1.73. The Labute approximate surface area is 195 Å². The summed E-state index contributed by atoms with van der Waals surface area (Å²) in [6.45, 7) is 7.34. The summed E-state index contributed by atoms with van der Waals surface area (Å²) in [5, 5.41) is 0.264. The molecule has 0 amide bonds. The third kappa shape index (κ3) is 4.89. The second-order valence-electron chi connectivity index (χ2n) is 8.82. The van der Waals surface area contributed by atoms with Crippen molar-refractivity contribution >= 4 is 10.9 Å². The summed E-state index contributed by atoms with van der Waals surface area (Å²) in [5.41, 5.74) is 2.28. The number of hydrogen-bond acceptors (Lipinski definition) is 5. The van der Waals surface area contributed by atoms with Crippen LogP contribution in [0.2, 0.25) is 0 Å². The molecule has 4 rings (SSSR count). The number of nitrogens with zero attached hydrogens (tertiary/aromatic N) is 4. The van der Waals surface area contributed by atoms with Crippen LogP contribution in [0, 0.1) is 13.8 Å². The molecule has 0 unspecified atom stereocenters. The van der Waals surface area contributed by atoms with E-state index in [1.807, 2.05) is 19.1 Å². The molecule has 0 radical (unpaired) electrons. The van der Waals surface area contributed by atoms with Crippen LogP contribution >= 0.6 is 0 Å². The second kappa shape index (κ2) is 9.29. The van der Waals surface area contributed by atoms with Crippen molar-refractivity contribution in [2.45, 2.75) is 57.7 Å². The first-order valence-electron chi connectivity index (χ1n) is 11.2. The highest BCUT2D eigenvalue weighted by atomic mass is 19.4. The van der Waals surface area contributed by atoms with Crippen LogP contribution in [0.3, 0.4) is 0 Å². The Morgan fingerprint density at radius 1 is 1.26 bits per heavy atom. The highest BCUT2D eigenvalue weighted by Crippen LogP contribution is 2.38. The summed E-state index contributed by atoms with van der Waals surface area (Å²) < 4.78 is 46.5. The van der Waals surface area contributed by atoms with E-state index in [1.165, 1.54) is 4.57 Å². The average Bonchev–Trinajstić information content (AvgIpc) is 2.80. The number of aryl methyl sites for hydroxylation is 3. The number of rotatable bonds is 5. The zero-order valence-corrected chi connectivity index (χ0v) is 19.4. The van der Waals surface area contributed by atoms with Gasteiger partial charge in [-0.1, -0.05) is 6.58 Å². The molecule has 0 bridgehead atoms. The Bertz CT molecular complexity index is 1300. The number of aromatic nitrogens is 4. The summed E-state index contributed by atoms with van der Waals surface area (Å²) in [6.07, 6.45) is -1.86. The molecule has 1 saturated heterocycles. The van der Waals surface area contributed by atoms with Gasteiger partial charge >= 0.3 is 6.18 Å². The van der Waals surface area contributed by atoms with Crippen LogP contribution in [0.5, 0.6) is 0 Å². The summed E-state index contributed by atoms with van der Waals surface area (Å²) >= 11 is 0. The Hall–Kier alpha value is -3.07. The number of pyridine rings is 2. The zero-order valence-electron chi connectivity index (χ0n) is 19.4. The quantitative estimate of drug-likeness (QED) is 0.488. The Morgan fingerprint density at radius 3 is 2.74 bits per heavy atom. The van der Waals surface area contributed by atoms with Crippen LogP contribution in [0.4, 0.5) is 13.2 Å². The van der Waals surface area contributed by atoms with E-state index in [2.05, 4.69) is 16.5 Å². The molecule has 34 heavy (non-hydrogen) atoms. The van der Waals surface area contributed by atoms with E-state index >= 15 is 0 Å². The molecule has 3 aromatic rings. The standard InChI is InChI=1S/C25H27F3N4O2/c1-14(25(26,27)28)5-6-19-23-21(30-16(3)32(4)24(23)33)13-20(31-19)17-8-10-34-22(12-17)18-7-9-29-15(2)11-18/h7,9,11,13,17,22H,1,5-6,8,10,12H2,2-4H3/t17-,22-/m0/s1. The monoisotopic (exact) mass is 472 g/mol. The molecule has 4 heterocycles. The van der Waals surface area contributed by atoms with Crippen LogP contribution in [0.25, 0.3) is 10.9 Å². The molecule has 1 fully saturated rings. The SMILES string of the molecule is C=C(CCc1nc([C@H]2CCO[C@H](c3ccnc(C)c3)C2)cc2nc(C)n(C)c(=O)c12)C(F)(F)F. The number of fused-ring (bicyclic) bond motifs is 1. The molecule has 6 nitrogen and oxygen atoms in total. The fraction of sp³-hybridized carbons (Fsp3) is 0.440. The van der Waals surface area contributed by atoms with Crippen LogP contribution < -0.4 is 5.56 Å². The third-order valence-corrected chi connectivity index (χ3v) is 6.44. The molecule has 3 aromatic heterocycles. The first kappa shape index (κ1) is 24.1. The van der Waals surface area contributed by atoms with Gasteiger partial charge in [-0.3, -0.25) is 19.3 Å². The first-order valence-corrected chi connectivity index (χ1v) is 11.2. The van der Waals surface area contributed by atoms with Gasteiger partial charge < -0.3 is 4.74 Å². The van der Waals surface area contributed by atoms with E-state index in [0.29, 0.717) is 30.1 Å². The predicted molar refractivity (Wildman–Crippen MR) is 123 cm³/mol. The lowest BCUT2D eigenvalue weighted by Crippen LogP contribution is -2.24. The minimum Gasteiger partial charge on any atom is -0.373 e. The zero-order chi connectivity index (χ0) is 24.6. The van der Waals surface area contributed by atoms with Gasteiger partial charge in [0.05, 0.1) is 22.7 Å². The smallest absolute Gasteiger partial charge is 0.373 e. The van der Waals surface area contributed by atoms with Crippen molar-refractivity contribution in [2.75, 3.05) is 6.61 Å².